The molecule has 1 nitrogen and oxygen atoms in total. The zero-order chi connectivity index (χ0) is 9.26. The second-order valence-corrected chi connectivity index (χ2v) is 4.03. The molecule has 1 N–H and O–H groups in total. The first kappa shape index (κ1) is 8.81. The van der Waals surface area contributed by atoms with Gasteiger partial charge in [-0.25, -0.2) is 8.78 Å². The monoisotopic (exact) mass is 201 g/mol. The maximum Gasteiger partial charge on any atom is 0.160 e. The van der Waals surface area contributed by atoms with Crippen molar-refractivity contribution in [2.75, 3.05) is 17.6 Å². The van der Waals surface area contributed by atoms with Crippen molar-refractivity contribution < 1.29 is 8.78 Å². The molecule has 0 aromatic heterocycles. The fraction of sp³-hybridized carbons (Fsp3) is 0.333. The summed E-state index contributed by atoms with van der Waals surface area (Å²) in [6.45, 7) is 0.824. The number of fused-ring (bicyclic) bond motifs is 1. The molecular formula is C9H9F2NS. The molecule has 0 aliphatic carbocycles. The van der Waals surface area contributed by atoms with Gasteiger partial charge < -0.3 is 5.32 Å². The summed E-state index contributed by atoms with van der Waals surface area (Å²) in [4.78, 5) is 0.802. The third-order valence-electron chi connectivity index (χ3n) is 1.92. The Balaban J connectivity index is 2.43. The van der Waals surface area contributed by atoms with E-state index >= 15 is 0 Å². The van der Waals surface area contributed by atoms with Crippen LogP contribution in [0.2, 0.25) is 0 Å². The Labute approximate surface area is 79.5 Å². The van der Waals surface area contributed by atoms with Gasteiger partial charge in [-0.1, -0.05) is 0 Å². The van der Waals surface area contributed by atoms with E-state index in [9.17, 15) is 8.78 Å². The number of hydrogen-bond donors (Lipinski definition) is 1. The normalized spacial score (nSPS) is 15.8. The SMILES string of the molecule is Fc1cc2c(cc1F)SCCCN2. The van der Waals surface area contributed by atoms with Crippen molar-refractivity contribution in [2.45, 2.75) is 11.3 Å². The Hall–Kier alpha value is -0.770. The molecule has 13 heavy (non-hydrogen) atoms. The molecule has 70 valence electrons. The molecule has 0 bridgehead atoms. The van der Waals surface area contributed by atoms with E-state index in [1.54, 1.807) is 11.8 Å². The lowest BCUT2D eigenvalue weighted by molar-refractivity contribution is 0.506. The van der Waals surface area contributed by atoms with Gasteiger partial charge in [-0.15, -0.1) is 11.8 Å². The average Bonchev–Trinajstić information content (AvgIpc) is 2.31. The maximum atomic E-state index is 12.8. The lowest BCUT2D eigenvalue weighted by atomic mass is 10.3. The van der Waals surface area contributed by atoms with E-state index in [4.69, 9.17) is 0 Å². The third kappa shape index (κ3) is 1.77. The second kappa shape index (κ2) is 3.54. The highest BCUT2D eigenvalue weighted by Crippen LogP contribution is 2.31. The van der Waals surface area contributed by atoms with Gasteiger partial charge in [-0.05, 0) is 18.2 Å². The zero-order valence-corrected chi connectivity index (χ0v) is 7.76. The molecule has 1 aliphatic rings. The molecule has 0 spiro atoms. The molecule has 1 aromatic carbocycles. The predicted octanol–water partition coefficient (Wildman–Crippen LogP) is 2.87. The van der Waals surface area contributed by atoms with Crippen LogP contribution in [0.15, 0.2) is 17.0 Å². The summed E-state index contributed by atoms with van der Waals surface area (Å²) >= 11 is 1.56. The Bertz CT molecular complexity index is 297. The van der Waals surface area contributed by atoms with Gasteiger partial charge in [0.15, 0.2) is 11.6 Å². The van der Waals surface area contributed by atoms with E-state index in [0.29, 0.717) is 5.69 Å². The van der Waals surface area contributed by atoms with Gasteiger partial charge in [0.05, 0.1) is 5.69 Å². The third-order valence-corrected chi connectivity index (χ3v) is 3.06. The lowest BCUT2D eigenvalue weighted by Crippen LogP contribution is -2.00. The molecule has 1 aliphatic heterocycles. The molecule has 0 saturated carbocycles. The lowest BCUT2D eigenvalue weighted by Gasteiger charge is -2.06. The molecule has 4 heteroatoms. The van der Waals surface area contributed by atoms with Crippen LogP contribution in [0.5, 0.6) is 0 Å². The van der Waals surface area contributed by atoms with Crippen molar-refractivity contribution in [3.05, 3.63) is 23.8 Å². The van der Waals surface area contributed by atoms with E-state index < -0.39 is 11.6 Å². The van der Waals surface area contributed by atoms with Crippen LogP contribution in [-0.2, 0) is 0 Å². The Morgan fingerprint density at radius 2 is 2.00 bits per heavy atom. The van der Waals surface area contributed by atoms with Crippen LogP contribution in [0.25, 0.3) is 0 Å². The quantitative estimate of drug-likeness (QED) is 0.692. The van der Waals surface area contributed by atoms with Crippen molar-refractivity contribution >= 4 is 17.4 Å². The fourth-order valence-electron chi connectivity index (χ4n) is 1.26. The maximum absolute atomic E-state index is 12.8. The van der Waals surface area contributed by atoms with Gasteiger partial charge in [-0.3, -0.25) is 0 Å². The van der Waals surface area contributed by atoms with Crippen LogP contribution in [0.1, 0.15) is 6.42 Å². The van der Waals surface area contributed by atoms with Gasteiger partial charge in [0.1, 0.15) is 0 Å². The number of hydrogen-bond acceptors (Lipinski definition) is 2. The van der Waals surface area contributed by atoms with Gasteiger partial charge in [0, 0.05) is 17.5 Å². The molecule has 0 atom stereocenters. The van der Waals surface area contributed by atoms with Gasteiger partial charge in [-0.2, -0.15) is 0 Å². The zero-order valence-electron chi connectivity index (χ0n) is 6.94. The van der Waals surface area contributed by atoms with E-state index in [-0.39, 0.29) is 0 Å². The second-order valence-electron chi connectivity index (χ2n) is 2.89. The van der Waals surface area contributed by atoms with Crippen LogP contribution in [0.4, 0.5) is 14.5 Å². The number of thioether (sulfide) groups is 1. The van der Waals surface area contributed by atoms with Crippen LogP contribution in [-0.4, -0.2) is 12.3 Å². The molecule has 0 fully saturated rings. The standard InChI is InChI=1S/C9H9F2NS/c10-6-4-8-9(5-7(6)11)13-3-1-2-12-8/h4-5,12H,1-3H2. The molecule has 0 amide bonds. The summed E-state index contributed by atoms with van der Waals surface area (Å²) in [5.74, 6) is -0.603. The molecule has 0 saturated heterocycles. The highest BCUT2D eigenvalue weighted by molar-refractivity contribution is 7.99. The molecule has 1 heterocycles. The minimum absolute atomic E-state index is 0.710. The topological polar surface area (TPSA) is 12.0 Å². The first-order valence-electron chi connectivity index (χ1n) is 4.13. The molecule has 0 unspecified atom stereocenters. The first-order valence-corrected chi connectivity index (χ1v) is 5.11. The van der Waals surface area contributed by atoms with Gasteiger partial charge in [0.2, 0.25) is 0 Å². The van der Waals surface area contributed by atoms with Crippen molar-refractivity contribution in [3.63, 3.8) is 0 Å². The van der Waals surface area contributed by atoms with E-state index in [2.05, 4.69) is 5.32 Å². The van der Waals surface area contributed by atoms with Crippen molar-refractivity contribution in [2.24, 2.45) is 0 Å². The van der Waals surface area contributed by atoms with Crippen molar-refractivity contribution in [1.29, 1.82) is 0 Å². The first-order chi connectivity index (χ1) is 6.27. The van der Waals surface area contributed by atoms with Crippen LogP contribution in [0, 0.1) is 11.6 Å². The fourth-order valence-corrected chi connectivity index (χ4v) is 2.25. The van der Waals surface area contributed by atoms with Crippen LogP contribution >= 0.6 is 11.8 Å². The summed E-state index contributed by atoms with van der Waals surface area (Å²) in [6.07, 6.45) is 1.02. The molecule has 1 aromatic rings. The van der Waals surface area contributed by atoms with Gasteiger partial charge in [0.25, 0.3) is 0 Å². The number of rotatable bonds is 0. The van der Waals surface area contributed by atoms with Crippen molar-refractivity contribution in [1.82, 2.24) is 0 Å². The van der Waals surface area contributed by atoms with E-state index in [1.165, 1.54) is 12.1 Å². The Morgan fingerprint density at radius 1 is 1.23 bits per heavy atom. The number of nitrogens with one attached hydrogen (secondary N) is 1. The highest BCUT2D eigenvalue weighted by Gasteiger charge is 2.12. The van der Waals surface area contributed by atoms with E-state index in [0.717, 1.165) is 23.6 Å². The van der Waals surface area contributed by atoms with Crippen LogP contribution < -0.4 is 5.32 Å². The molecular weight excluding hydrogens is 192 g/mol. The Morgan fingerprint density at radius 3 is 2.85 bits per heavy atom. The molecule has 0 radical (unpaired) electrons. The van der Waals surface area contributed by atoms with E-state index in [1.807, 2.05) is 0 Å². The highest BCUT2D eigenvalue weighted by atomic mass is 32.2. The minimum atomic E-state index is -0.784. The summed E-state index contributed by atoms with van der Waals surface area (Å²) in [5, 5.41) is 3.07. The summed E-state index contributed by atoms with van der Waals surface area (Å²) in [7, 11) is 0. The molecule has 2 rings (SSSR count). The number of benzene rings is 1. The summed E-state index contributed by atoms with van der Waals surface area (Å²) in [6, 6.07) is 2.48. The minimum Gasteiger partial charge on any atom is -0.384 e. The number of anilines is 1. The average molecular weight is 201 g/mol. The summed E-state index contributed by atoms with van der Waals surface area (Å²) < 4.78 is 25.6. The Kier molecular flexibility index (Phi) is 2.40. The van der Waals surface area contributed by atoms with Gasteiger partial charge >= 0.3 is 0 Å². The predicted molar refractivity (Wildman–Crippen MR) is 50.2 cm³/mol. The smallest absolute Gasteiger partial charge is 0.160 e. The van der Waals surface area contributed by atoms with Crippen molar-refractivity contribution in [3.8, 4) is 0 Å². The largest absolute Gasteiger partial charge is 0.384 e. The summed E-state index contributed by atoms with van der Waals surface area (Å²) in [5.41, 5.74) is 0.710. The number of halogens is 2. The van der Waals surface area contributed by atoms with Crippen LogP contribution in [0.3, 0.4) is 0 Å².